The highest BCUT2D eigenvalue weighted by Gasteiger charge is 2.28. The molecular weight excluding hydrogens is 320 g/mol. The molecule has 0 bridgehead atoms. The first-order valence-corrected chi connectivity index (χ1v) is 8.85. The Morgan fingerprint density at radius 1 is 1.20 bits per heavy atom. The van der Waals surface area contributed by atoms with Crippen molar-refractivity contribution in [1.29, 1.82) is 0 Å². The molecule has 2 N–H and O–H groups in total. The van der Waals surface area contributed by atoms with Gasteiger partial charge >= 0.3 is 0 Å². The van der Waals surface area contributed by atoms with Crippen LogP contribution in [0.2, 0.25) is 0 Å². The maximum atomic E-state index is 12.0. The van der Waals surface area contributed by atoms with Crippen molar-refractivity contribution < 1.29 is 9.32 Å². The smallest absolute Gasteiger partial charge is 0.273 e. The fourth-order valence-electron chi connectivity index (χ4n) is 2.98. The average Bonchev–Trinajstić information content (AvgIpc) is 3.14. The average molecular weight is 342 g/mol. The summed E-state index contributed by atoms with van der Waals surface area (Å²) >= 11 is 0. The lowest BCUT2D eigenvalue weighted by Gasteiger charge is -2.16. The van der Waals surface area contributed by atoms with Crippen LogP contribution in [0.5, 0.6) is 0 Å². The third-order valence-corrected chi connectivity index (χ3v) is 4.54. The summed E-state index contributed by atoms with van der Waals surface area (Å²) in [6, 6.07) is 3.69. The summed E-state index contributed by atoms with van der Waals surface area (Å²) in [7, 11) is 0. The molecule has 0 aromatic carbocycles. The van der Waals surface area contributed by atoms with Crippen molar-refractivity contribution in [3.05, 3.63) is 29.9 Å². The third-order valence-electron chi connectivity index (χ3n) is 4.54. The zero-order valence-corrected chi connectivity index (χ0v) is 14.1. The van der Waals surface area contributed by atoms with Gasteiger partial charge in [0.1, 0.15) is 23.7 Å². The number of hydrogen-bond acceptors (Lipinski definition) is 7. The van der Waals surface area contributed by atoms with Crippen molar-refractivity contribution in [2.75, 3.05) is 36.4 Å². The van der Waals surface area contributed by atoms with Gasteiger partial charge in [-0.15, -0.1) is 0 Å². The van der Waals surface area contributed by atoms with Crippen LogP contribution in [0.25, 0.3) is 0 Å². The number of aromatic nitrogens is 3. The molecule has 3 heterocycles. The van der Waals surface area contributed by atoms with E-state index in [2.05, 4.69) is 30.7 Å². The molecule has 2 aromatic rings. The highest BCUT2D eigenvalue weighted by molar-refractivity contribution is 5.92. The van der Waals surface area contributed by atoms with E-state index in [1.807, 2.05) is 6.07 Å². The van der Waals surface area contributed by atoms with Crippen LogP contribution >= 0.6 is 0 Å². The van der Waals surface area contributed by atoms with Crippen molar-refractivity contribution >= 4 is 17.5 Å². The van der Waals surface area contributed by atoms with Gasteiger partial charge in [-0.05, 0) is 25.7 Å². The molecule has 8 heteroatoms. The summed E-state index contributed by atoms with van der Waals surface area (Å²) in [5.41, 5.74) is 0.347. The summed E-state index contributed by atoms with van der Waals surface area (Å²) in [5, 5.41) is 9.88. The van der Waals surface area contributed by atoms with E-state index in [-0.39, 0.29) is 5.91 Å². The molecule has 0 atom stereocenters. The SMILES string of the molecule is O=C(NCCNc1cc(N2CCCC2)ncn1)c1cc(C2CC2)on1. The van der Waals surface area contributed by atoms with Crippen LogP contribution in [-0.4, -0.2) is 47.2 Å². The van der Waals surface area contributed by atoms with E-state index >= 15 is 0 Å². The summed E-state index contributed by atoms with van der Waals surface area (Å²) in [6.07, 6.45) is 6.24. The Bertz CT molecular complexity index is 736. The Balaban J connectivity index is 1.23. The Labute approximate surface area is 146 Å². The highest BCUT2D eigenvalue weighted by atomic mass is 16.5. The number of nitrogens with zero attached hydrogens (tertiary/aromatic N) is 4. The third kappa shape index (κ3) is 3.89. The summed E-state index contributed by atoms with van der Waals surface area (Å²) in [6.45, 7) is 3.16. The minimum atomic E-state index is -0.210. The second kappa shape index (κ2) is 7.08. The van der Waals surface area contributed by atoms with Gasteiger partial charge in [-0.1, -0.05) is 5.16 Å². The summed E-state index contributed by atoms with van der Waals surface area (Å²) in [5.74, 6) is 2.78. The van der Waals surface area contributed by atoms with Crippen molar-refractivity contribution in [2.45, 2.75) is 31.6 Å². The normalized spacial score (nSPS) is 16.9. The number of amides is 1. The Hall–Kier alpha value is -2.64. The number of nitrogens with one attached hydrogen (secondary N) is 2. The first-order valence-electron chi connectivity index (χ1n) is 8.85. The predicted octanol–water partition coefficient (Wildman–Crippen LogP) is 1.78. The van der Waals surface area contributed by atoms with E-state index in [1.54, 1.807) is 12.4 Å². The van der Waals surface area contributed by atoms with Gasteiger partial charge in [0.15, 0.2) is 5.69 Å². The van der Waals surface area contributed by atoms with Crippen molar-refractivity contribution in [2.24, 2.45) is 0 Å². The van der Waals surface area contributed by atoms with Gasteiger partial charge in [-0.3, -0.25) is 4.79 Å². The van der Waals surface area contributed by atoms with Gasteiger partial charge in [-0.25, -0.2) is 9.97 Å². The quantitative estimate of drug-likeness (QED) is 0.740. The number of hydrogen-bond donors (Lipinski definition) is 2. The van der Waals surface area contributed by atoms with Crippen molar-refractivity contribution in [3.8, 4) is 0 Å². The first kappa shape index (κ1) is 15.9. The van der Waals surface area contributed by atoms with Gasteiger partial charge in [0.05, 0.1) is 0 Å². The van der Waals surface area contributed by atoms with Crippen LogP contribution in [0, 0.1) is 0 Å². The van der Waals surface area contributed by atoms with E-state index in [9.17, 15) is 4.79 Å². The second-order valence-electron chi connectivity index (χ2n) is 6.53. The lowest BCUT2D eigenvalue weighted by molar-refractivity contribution is 0.0946. The molecule has 0 radical (unpaired) electrons. The molecule has 8 nitrogen and oxygen atoms in total. The molecule has 1 aliphatic heterocycles. The topological polar surface area (TPSA) is 96.2 Å². The Morgan fingerprint density at radius 3 is 2.84 bits per heavy atom. The Kier molecular flexibility index (Phi) is 4.49. The van der Waals surface area contributed by atoms with Gasteiger partial charge in [0, 0.05) is 44.2 Å². The standard InChI is InChI=1S/C17H22N6O2/c24-17(13-9-14(25-22-13)12-3-4-12)19-6-5-18-15-10-16(21-11-20-15)23-7-1-2-8-23/h9-12H,1-8H2,(H,19,24)(H,18,20,21). The molecule has 25 heavy (non-hydrogen) atoms. The largest absolute Gasteiger partial charge is 0.368 e. The lowest BCUT2D eigenvalue weighted by atomic mass is 10.3. The van der Waals surface area contributed by atoms with Crippen LogP contribution < -0.4 is 15.5 Å². The molecule has 1 saturated heterocycles. The van der Waals surface area contributed by atoms with Gasteiger partial charge in [-0.2, -0.15) is 0 Å². The van der Waals surface area contributed by atoms with Crippen LogP contribution in [0.3, 0.4) is 0 Å². The van der Waals surface area contributed by atoms with E-state index < -0.39 is 0 Å². The van der Waals surface area contributed by atoms with Gasteiger partial charge in [0.2, 0.25) is 0 Å². The lowest BCUT2D eigenvalue weighted by Crippen LogP contribution is -2.29. The molecule has 2 aliphatic rings. The summed E-state index contributed by atoms with van der Waals surface area (Å²) < 4.78 is 5.20. The molecular formula is C17H22N6O2. The minimum Gasteiger partial charge on any atom is -0.368 e. The monoisotopic (exact) mass is 342 g/mol. The van der Waals surface area contributed by atoms with Crippen LogP contribution in [0.15, 0.2) is 23.0 Å². The Morgan fingerprint density at radius 2 is 2.04 bits per heavy atom. The maximum Gasteiger partial charge on any atom is 0.273 e. The highest BCUT2D eigenvalue weighted by Crippen LogP contribution is 2.40. The zero-order chi connectivity index (χ0) is 17.1. The van der Waals surface area contributed by atoms with E-state index in [1.165, 1.54) is 12.8 Å². The molecule has 132 valence electrons. The van der Waals surface area contributed by atoms with Crippen LogP contribution in [0.4, 0.5) is 11.6 Å². The molecule has 0 spiro atoms. The van der Waals surface area contributed by atoms with E-state index in [0.717, 1.165) is 43.3 Å². The fourth-order valence-corrected chi connectivity index (χ4v) is 2.98. The maximum absolute atomic E-state index is 12.0. The van der Waals surface area contributed by atoms with E-state index in [0.29, 0.717) is 24.7 Å². The molecule has 1 saturated carbocycles. The molecule has 0 unspecified atom stereocenters. The van der Waals surface area contributed by atoms with Crippen molar-refractivity contribution in [3.63, 3.8) is 0 Å². The number of carbonyl (C=O) groups is 1. The molecule has 1 amide bonds. The minimum absolute atomic E-state index is 0.210. The molecule has 2 fully saturated rings. The van der Waals surface area contributed by atoms with E-state index in [4.69, 9.17) is 4.52 Å². The second-order valence-corrected chi connectivity index (χ2v) is 6.53. The predicted molar refractivity (Wildman–Crippen MR) is 92.8 cm³/mol. The van der Waals surface area contributed by atoms with Crippen molar-refractivity contribution in [1.82, 2.24) is 20.4 Å². The van der Waals surface area contributed by atoms with Gasteiger partial charge in [0.25, 0.3) is 5.91 Å². The summed E-state index contributed by atoms with van der Waals surface area (Å²) in [4.78, 5) is 22.9. The molecule has 2 aromatic heterocycles. The van der Waals surface area contributed by atoms with Crippen LogP contribution in [-0.2, 0) is 0 Å². The van der Waals surface area contributed by atoms with Gasteiger partial charge < -0.3 is 20.1 Å². The number of rotatable bonds is 7. The molecule has 1 aliphatic carbocycles. The fraction of sp³-hybridized carbons (Fsp3) is 0.529. The molecule has 4 rings (SSSR count). The number of carbonyl (C=O) groups excluding carboxylic acids is 1. The number of anilines is 2. The zero-order valence-electron chi connectivity index (χ0n) is 14.1. The van der Waals surface area contributed by atoms with Crippen LogP contribution in [0.1, 0.15) is 47.8 Å². The first-order chi connectivity index (χ1) is 12.3.